The van der Waals surface area contributed by atoms with Gasteiger partial charge in [0.25, 0.3) is 0 Å². The number of thiophene rings is 1. The van der Waals surface area contributed by atoms with Gasteiger partial charge in [-0.3, -0.25) is 0 Å². The van der Waals surface area contributed by atoms with Crippen LogP contribution in [0.2, 0.25) is 0 Å². The second-order valence-electron chi connectivity index (χ2n) is 4.50. The summed E-state index contributed by atoms with van der Waals surface area (Å²) in [4.78, 5) is 2.23. The van der Waals surface area contributed by atoms with E-state index in [1.54, 1.807) is 11.3 Å². The number of benzene rings is 1. The van der Waals surface area contributed by atoms with Gasteiger partial charge in [0.05, 0.1) is 6.04 Å². The number of nitrogens with one attached hydrogen (secondary N) is 1. The van der Waals surface area contributed by atoms with Crippen LogP contribution in [0.25, 0.3) is 0 Å². The molecule has 0 aliphatic carbocycles. The first-order chi connectivity index (χ1) is 9.11. The molecule has 0 spiro atoms. The van der Waals surface area contributed by atoms with Crippen LogP contribution in [-0.2, 0) is 0 Å². The Morgan fingerprint density at radius 3 is 2.58 bits per heavy atom. The van der Waals surface area contributed by atoms with E-state index in [4.69, 9.17) is 0 Å². The number of hydrogen-bond acceptors (Lipinski definition) is 2. The highest BCUT2D eigenvalue weighted by Gasteiger charge is 2.19. The lowest BCUT2D eigenvalue weighted by atomic mass is 10.0. The molecule has 0 saturated heterocycles. The average Bonchev–Trinajstić information content (AvgIpc) is 2.78. The second-order valence-corrected chi connectivity index (χ2v) is 5.82. The van der Waals surface area contributed by atoms with Crippen molar-refractivity contribution in [2.24, 2.45) is 0 Å². The molecule has 4 heteroatoms. The molecule has 1 heterocycles. The van der Waals surface area contributed by atoms with Gasteiger partial charge in [-0.25, -0.2) is 8.78 Å². The fourth-order valence-corrected chi connectivity index (χ4v) is 2.97. The van der Waals surface area contributed by atoms with E-state index in [1.165, 1.54) is 17.0 Å². The van der Waals surface area contributed by atoms with Crippen molar-refractivity contribution in [3.63, 3.8) is 0 Å². The van der Waals surface area contributed by atoms with Gasteiger partial charge in [-0.1, -0.05) is 13.0 Å². The van der Waals surface area contributed by atoms with Crippen LogP contribution >= 0.6 is 11.3 Å². The Kier molecular flexibility index (Phi) is 4.66. The molecule has 1 nitrogen and oxygen atoms in total. The van der Waals surface area contributed by atoms with Gasteiger partial charge in [-0.05, 0) is 38.1 Å². The second kappa shape index (κ2) is 6.26. The van der Waals surface area contributed by atoms with Crippen LogP contribution < -0.4 is 5.32 Å². The largest absolute Gasteiger partial charge is 0.306 e. The normalized spacial score (nSPS) is 12.6. The van der Waals surface area contributed by atoms with E-state index in [0.29, 0.717) is 5.56 Å². The number of aryl methyl sites for hydroxylation is 1. The van der Waals surface area contributed by atoms with Gasteiger partial charge in [0.1, 0.15) is 11.6 Å². The molecule has 0 bridgehead atoms. The summed E-state index contributed by atoms with van der Waals surface area (Å²) in [6, 6.07) is 7.57. The van der Waals surface area contributed by atoms with Gasteiger partial charge in [0.2, 0.25) is 0 Å². The van der Waals surface area contributed by atoms with Crippen LogP contribution in [0.1, 0.15) is 34.7 Å². The van der Waals surface area contributed by atoms with E-state index in [2.05, 4.69) is 12.2 Å². The molecular formula is C15H17F2NS. The smallest absolute Gasteiger partial charge is 0.131 e. The van der Waals surface area contributed by atoms with Crippen molar-refractivity contribution in [1.29, 1.82) is 0 Å². The summed E-state index contributed by atoms with van der Waals surface area (Å²) >= 11 is 1.63. The lowest BCUT2D eigenvalue weighted by Gasteiger charge is -2.18. The van der Waals surface area contributed by atoms with Gasteiger partial charge in [0, 0.05) is 21.4 Å². The van der Waals surface area contributed by atoms with Crippen molar-refractivity contribution in [2.75, 3.05) is 6.54 Å². The first-order valence-corrected chi connectivity index (χ1v) is 7.18. The zero-order chi connectivity index (χ0) is 13.8. The molecule has 1 aromatic heterocycles. The molecule has 2 rings (SSSR count). The molecule has 102 valence electrons. The molecule has 0 amide bonds. The third-order valence-electron chi connectivity index (χ3n) is 2.92. The highest BCUT2D eigenvalue weighted by atomic mass is 32.1. The predicted octanol–water partition coefficient (Wildman–Crippen LogP) is 4.42. The first-order valence-electron chi connectivity index (χ1n) is 6.36. The quantitative estimate of drug-likeness (QED) is 0.855. The lowest BCUT2D eigenvalue weighted by Crippen LogP contribution is -2.23. The molecule has 0 aliphatic rings. The molecule has 1 unspecified atom stereocenters. The van der Waals surface area contributed by atoms with E-state index in [0.717, 1.165) is 23.9 Å². The maximum Gasteiger partial charge on any atom is 0.131 e. The van der Waals surface area contributed by atoms with Gasteiger partial charge < -0.3 is 5.32 Å². The summed E-state index contributed by atoms with van der Waals surface area (Å²) < 4.78 is 27.0. The van der Waals surface area contributed by atoms with Crippen molar-refractivity contribution in [3.05, 3.63) is 57.3 Å². The predicted molar refractivity (Wildman–Crippen MR) is 75.6 cm³/mol. The third kappa shape index (κ3) is 3.39. The van der Waals surface area contributed by atoms with E-state index in [1.807, 2.05) is 19.1 Å². The van der Waals surface area contributed by atoms with Crippen molar-refractivity contribution >= 4 is 11.3 Å². The van der Waals surface area contributed by atoms with Gasteiger partial charge in [0.15, 0.2) is 0 Å². The molecule has 0 radical (unpaired) electrons. The van der Waals surface area contributed by atoms with Crippen LogP contribution in [0.3, 0.4) is 0 Å². The highest BCUT2D eigenvalue weighted by Crippen LogP contribution is 2.30. The zero-order valence-electron chi connectivity index (χ0n) is 11.0. The Hall–Kier alpha value is -1.26. The Bertz CT molecular complexity index is 551. The van der Waals surface area contributed by atoms with Crippen LogP contribution in [-0.4, -0.2) is 6.54 Å². The summed E-state index contributed by atoms with van der Waals surface area (Å²) in [6.45, 7) is 4.87. The molecule has 0 fully saturated rings. The minimum Gasteiger partial charge on any atom is -0.306 e. The minimum atomic E-state index is -0.544. The number of halogens is 2. The fourth-order valence-electron chi connectivity index (χ4n) is 2.00. The zero-order valence-corrected chi connectivity index (χ0v) is 11.9. The van der Waals surface area contributed by atoms with Gasteiger partial charge >= 0.3 is 0 Å². The number of rotatable bonds is 5. The molecular weight excluding hydrogens is 264 g/mol. The number of hydrogen-bond donors (Lipinski definition) is 1. The Labute approximate surface area is 116 Å². The third-order valence-corrected chi connectivity index (χ3v) is 3.98. The van der Waals surface area contributed by atoms with E-state index in [-0.39, 0.29) is 6.04 Å². The molecule has 1 aromatic carbocycles. The maximum atomic E-state index is 13.9. The van der Waals surface area contributed by atoms with Crippen molar-refractivity contribution < 1.29 is 8.78 Å². The van der Waals surface area contributed by atoms with Crippen molar-refractivity contribution in [2.45, 2.75) is 26.3 Å². The van der Waals surface area contributed by atoms with Crippen LogP contribution in [0, 0.1) is 18.6 Å². The van der Waals surface area contributed by atoms with E-state index < -0.39 is 11.6 Å². The van der Waals surface area contributed by atoms with Crippen molar-refractivity contribution in [3.8, 4) is 0 Å². The Morgan fingerprint density at radius 1 is 1.21 bits per heavy atom. The summed E-state index contributed by atoms with van der Waals surface area (Å²) in [6.07, 6.45) is 0.962. The summed E-state index contributed by atoms with van der Waals surface area (Å²) in [7, 11) is 0. The molecule has 0 saturated carbocycles. The fraction of sp³-hybridized carbons (Fsp3) is 0.333. The van der Waals surface area contributed by atoms with Crippen LogP contribution in [0.5, 0.6) is 0 Å². The lowest BCUT2D eigenvalue weighted by molar-refractivity contribution is 0.536. The topological polar surface area (TPSA) is 12.0 Å². The van der Waals surface area contributed by atoms with Gasteiger partial charge in [-0.15, -0.1) is 11.3 Å². The van der Waals surface area contributed by atoms with Crippen LogP contribution in [0.4, 0.5) is 8.78 Å². The Morgan fingerprint density at radius 2 is 2.00 bits per heavy atom. The molecule has 2 aromatic rings. The molecule has 1 atom stereocenters. The average molecular weight is 281 g/mol. The monoisotopic (exact) mass is 281 g/mol. The molecule has 19 heavy (non-hydrogen) atoms. The summed E-state index contributed by atoms with van der Waals surface area (Å²) in [5.74, 6) is -1.04. The van der Waals surface area contributed by atoms with Crippen LogP contribution in [0.15, 0.2) is 30.3 Å². The maximum absolute atomic E-state index is 13.9. The summed E-state index contributed by atoms with van der Waals surface area (Å²) in [5, 5.41) is 3.32. The standard InChI is InChI=1S/C15H17F2NS/c1-3-8-18-15(14-7-4-10(2)19-14)12-6-5-11(16)9-13(12)17/h4-7,9,15,18H,3,8H2,1-2H3. The SMILES string of the molecule is CCCNC(c1ccc(C)s1)c1ccc(F)cc1F. The highest BCUT2D eigenvalue weighted by molar-refractivity contribution is 7.12. The first kappa shape index (κ1) is 14.2. The van der Waals surface area contributed by atoms with Crippen molar-refractivity contribution in [1.82, 2.24) is 5.32 Å². The minimum absolute atomic E-state index is 0.209. The summed E-state index contributed by atoms with van der Waals surface area (Å²) in [5.41, 5.74) is 0.497. The van der Waals surface area contributed by atoms with E-state index >= 15 is 0 Å². The van der Waals surface area contributed by atoms with Gasteiger partial charge in [-0.2, -0.15) is 0 Å². The Balaban J connectivity index is 2.36. The molecule has 1 N–H and O–H groups in total. The van der Waals surface area contributed by atoms with E-state index in [9.17, 15) is 8.78 Å². The molecule has 0 aliphatic heterocycles.